The van der Waals surface area contributed by atoms with Crippen LogP contribution in [0.2, 0.25) is 0 Å². The molecular formula is C25H25N. The van der Waals surface area contributed by atoms with Gasteiger partial charge in [0.15, 0.2) is 0 Å². The second-order valence-corrected chi connectivity index (χ2v) is 6.17. The number of nitrogens with one attached hydrogen (secondary N) is 1. The topological polar surface area (TPSA) is 12.0 Å². The van der Waals surface area contributed by atoms with E-state index in [2.05, 4.69) is 110 Å². The largest absolute Gasteiger partial charge is 0.355 e. The van der Waals surface area contributed by atoms with Gasteiger partial charge >= 0.3 is 0 Å². The van der Waals surface area contributed by atoms with Gasteiger partial charge < -0.3 is 5.32 Å². The molecule has 0 heterocycles. The van der Waals surface area contributed by atoms with E-state index in [0.717, 1.165) is 17.8 Å². The zero-order valence-corrected chi connectivity index (χ0v) is 15.4. The van der Waals surface area contributed by atoms with Crippen LogP contribution in [0.3, 0.4) is 0 Å². The molecule has 0 atom stereocenters. The molecule has 0 aliphatic heterocycles. The van der Waals surface area contributed by atoms with Crippen LogP contribution >= 0.6 is 0 Å². The molecule has 0 aromatic heterocycles. The Balaban J connectivity index is 1.91. The summed E-state index contributed by atoms with van der Waals surface area (Å²) in [5.74, 6) is 0. The van der Waals surface area contributed by atoms with Gasteiger partial charge in [0, 0.05) is 16.9 Å². The maximum Gasteiger partial charge on any atom is 0.0463 e. The molecule has 3 rings (SSSR count). The molecular weight excluding hydrogens is 314 g/mol. The monoisotopic (exact) mass is 339 g/mol. The van der Waals surface area contributed by atoms with E-state index in [1.807, 2.05) is 6.07 Å². The summed E-state index contributed by atoms with van der Waals surface area (Å²) < 4.78 is 0. The summed E-state index contributed by atoms with van der Waals surface area (Å²) in [6.45, 7) is 4.24. The Labute approximate surface area is 156 Å². The van der Waals surface area contributed by atoms with Crippen LogP contribution in [0.1, 0.15) is 25.8 Å². The first-order valence-electron chi connectivity index (χ1n) is 9.16. The van der Waals surface area contributed by atoms with E-state index in [9.17, 15) is 0 Å². The molecule has 26 heavy (non-hydrogen) atoms. The Kier molecular flexibility index (Phi) is 6.05. The van der Waals surface area contributed by atoms with Crippen LogP contribution < -0.4 is 5.32 Å². The molecule has 0 fully saturated rings. The number of hydrogen-bond acceptors (Lipinski definition) is 1. The van der Waals surface area contributed by atoms with Gasteiger partial charge in [-0.25, -0.2) is 0 Å². The van der Waals surface area contributed by atoms with Crippen molar-refractivity contribution in [1.82, 2.24) is 0 Å². The highest BCUT2D eigenvalue weighted by Crippen LogP contribution is 2.31. The maximum absolute atomic E-state index is 3.60. The van der Waals surface area contributed by atoms with Gasteiger partial charge in [0.05, 0.1) is 0 Å². The Morgan fingerprint density at radius 2 is 1.65 bits per heavy atom. The smallest absolute Gasteiger partial charge is 0.0463 e. The lowest BCUT2D eigenvalue weighted by Crippen LogP contribution is -1.94. The quantitative estimate of drug-likeness (QED) is 0.459. The summed E-state index contributed by atoms with van der Waals surface area (Å²) in [6, 6.07) is 27.5. The molecule has 0 spiro atoms. The molecule has 130 valence electrons. The van der Waals surface area contributed by atoms with E-state index < -0.39 is 0 Å². The molecule has 3 aromatic rings. The van der Waals surface area contributed by atoms with Gasteiger partial charge in [0.1, 0.15) is 0 Å². The van der Waals surface area contributed by atoms with E-state index >= 15 is 0 Å². The zero-order chi connectivity index (χ0) is 18.2. The fraction of sp³-hybridized carbons (Fsp3) is 0.120. The highest BCUT2D eigenvalue weighted by Gasteiger charge is 2.05. The normalized spacial score (nSPS) is 11.7. The average molecular weight is 339 g/mol. The fourth-order valence-corrected chi connectivity index (χ4v) is 3.00. The third-order valence-corrected chi connectivity index (χ3v) is 4.33. The fourth-order valence-electron chi connectivity index (χ4n) is 3.00. The molecule has 1 nitrogen and oxygen atoms in total. The minimum Gasteiger partial charge on any atom is -0.355 e. The molecule has 1 N–H and O–H groups in total. The molecule has 0 radical (unpaired) electrons. The lowest BCUT2D eigenvalue weighted by atomic mass is 10.0. The first kappa shape index (κ1) is 17.8. The van der Waals surface area contributed by atoms with Gasteiger partial charge in [-0.05, 0) is 48.2 Å². The van der Waals surface area contributed by atoms with Crippen molar-refractivity contribution in [2.75, 3.05) is 5.32 Å². The summed E-state index contributed by atoms with van der Waals surface area (Å²) in [4.78, 5) is 0. The van der Waals surface area contributed by atoms with Crippen molar-refractivity contribution >= 4 is 16.9 Å². The number of para-hydroxylation sites is 1. The number of allylic oxidation sites excluding steroid dienone is 4. The Bertz CT molecular complexity index is 904. The van der Waals surface area contributed by atoms with Gasteiger partial charge in [-0.1, -0.05) is 85.8 Å². The second-order valence-electron chi connectivity index (χ2n) is 6.17. The summed E-state index contributed by atoms with van der Waals surface area (Å²) in [6.07, 6.45) is 7.58. The maximum atomic E-state index is 3.60. The molecule has 0 amide bonds. The van der Waals surface area contributed by atoms with Crippen molar-refractivity contribution in [3.8, 4) is 11.1 Å². The van der Waals surface area contributed by atoms with Crippen molar-refractivity contribution in [2.45, 2.75) is 20.3 Å². The minimum atomic E-state index is 1.04. The number of anilines is 2. The van der Waals surface area contributed by atoms with Crippen molar-refractivity contribution in [3.63, 3.8) is 0 Å². The standard InChI is InChI=1S/C25H25N/c1-3-5-12-20(4-2)22-15-11-16-23(19-22)26-25-18-10-9-17-24(25)21-13-7-6-8-14-21/h4-19,26H,3H2,1-2H3/b12-5-,20-4+. The summed E-state index contributed by atoms with van der Waals surface area (Å²) in [5.41, 5.74) is 7.09. The Hall–Kier alpha value is -3.06. The van der Waals surface area contributed by atoms with Crippen LogP contribution in [0.4, 0.5) is 11.4 Å². The molecule has 1 heteroatoms. The van der Waals surface area contributed by atoms with Crippen molar-refractivity contribution in [1.29, 1.82) is 0 Å². The second kappa shape index (κ2) is 8.87. The van der Waals surface area contributed by atoms with E-state index in [1.54, 1.807) is 0 Å². The Morgan fingerprint density at radius 1 is 0.885 bits per heavy atom. The third kappa shape index (κ3) is 4.31. The van der Waals surface area contributed by atoms with Crippen LogP contribution in [0.15, 0.2) is 97.1 Å². The molecule has 0 bridgehead atoms. The molecule has 0 saturated heterocycles. The molecule has 0 unspecified atom stereocenters. The summed E-state index contributed by atoms with van der Waals surface area (Å²) in [7, 11) is 0. The third-order valence-electron chi connectivity index (χ3n) is 4.33. The lowest BCUT2D eigenvalue weighted by molar-refractivity contribution is 1.22. The molecule has 3 aromatic carbocycles. The predicted octanol–water partition coefficient (Wildman–Crippen LogP) is 7.47. The van der Waals surface area contributed by atoms with E-state index in [-0.39, 0.29) is 0 Å². The number of rotatable bonds is 6. The van der Waals surface area contributed by atoms with Crippen molar-refractivity contribution in [3.05, 3.63) is 103 Å². The number of hydrogen-bond donors (Lipinski definition) is 1. The lowest BCUT2D eigenvalue weighted by Gasteiger charge is -2.13. The van der Waals surface area contributed by atoms with Crippen LogP contribution in [0.25, 0.3) is 16.7 Å². The van der Waals surface area contributed by atoms with E-state index in [4.69, 9.17) is 0 Å². The highest BCUT2D eigenvalue weighted by atomic mass is 14.9. The SMILES string of the molecule is C/C=C(\C=C/CC)c1cccc(Nc2ccccc2-c2ccccc2)c1. The van der Waals surface area contributed by atoms with Gasteiger partial charge in [-0.2, -0.15) is 0 Å². The van der Waals surface area contributed by atoms with E-state index in [1.165, 1.54) is 22.3 Å². The van der Waals surface area contributed by atoms with Gasteiger partial charge in [0.25, 0.3) is 0 Å². The summed E-state index contributed by atoms with van der Waals surface area (Å²) >= 11 is 0. The summed E-state index contributed by atoms with van der Waals surface area (Å²) in [5, 5.41) is 3.60. The van der Waals surface area contributed by atoms with Crippen molar-refractivity contribution < 1.29 is 0 Å². The molecule has 0 saturated carbocycles. The predicted molar refractivity (Wildman–Crippen MR) is 115 cm³/mol. The van der Waals surface area contributed by atoms with Gasteiger partial charge in [0.2, 0.25) is 0 Å². The molecule has 0 aliphatic rings. The molecule has 0 aliphatic carbocycles. The van der Waals surface area contributed by atoms with Crippen LogP contribution in [-0.2, 0) is 0 Å². The zero-order valence-electron chi connectivity index (χ0n) is 15.4. The van der Waals surface area contributed by atoms with Gasteiger partial charge in [-0.15, -0.1) is 0 Å². The van der Waals surface area contributed by atoms with Gasteiger partial charge in [-0.3, -0.25) is 0 Å². The first-order valence-corrected chi connectivity index (χ1v) is 9.16. The van der Waals surface area contributed by atoms with Crippen LogP contribution in [-0.4, -0.2) is 0 Å². The van der Waals surface area contributed by atoms with Crippen LogP contribution in [0.5, 0.6) is 0 Å². The van der Waals surface area contributed by atoms with E-state index in [0.29, 0.717) is 0 Å². The van der Waals surface area contributed by atoms with Crippen LogP contribution in [0, 0.1) is 0 Å². The highest BCUT2D eigenvalue weighted by molar-refractivity contribution is 5.82. The van der Waals surface area contributed by atoms with Crippen molar-refractivity contribution in [2.24, 2.45) is 0 Å². The Morgan fingerprint density at radius 3 is 2.42 bits per heavy atom. The average Bonchev–Trinajstić information content (AvgIpc) is 2.70. The minimum absolute atomic E-state index is 1.04. The number of benzene rings is 3. The first-order chi connectivity index (χ1) is 12.8.